The Morgan fingerprint density at radius 1 is 1.20 bits per heavy atom. The summed E-state index contributed by atoms with van der Waals surface area (Å²) in [6.45, 7) is 5.02. The van der Waals surface area contributed by atoms with E-state index in [-0.39, 0.29) is 17.7 Å². The lowest BCUT2D eigenvalue weighted by molar-refractivity contribution is -0.141. The SMILES string of the molecule is CC(C)CC(C(=O)NC(C)C(=O)O)n1c(=O)[nH]c2ccccc2c1=O. The van der Waals surface area contributed by atoms with Gasteiger partial charge in [-0.25, -0.2) is 9.36 Å². The fraction of sp³-hybridized carbons (Fsp3) is 0.412. The molecule has 0 saturated carbocycles. The van der Waals surface area contributed by atoms with Gasteiger partial charge in [0, 0.05) is 0 Å². The summed E-state index contributed by atoms with van der Waals surface area (Å²) in [5.41, 5.74) is -0.896. The van der Waals surface area contributed by atoms with E-state index in [1.807, 2.05) is 13.8 Å². The molecule has 8 heteroatoms. The van der Waals surface area contributed by atoms with Crippen molar-refractivity contribution in [2.24, 2.45) is 5.92 Å². The van der Waals surface area contributed by atoms with Crippen molar-refractivity contribution in [1.29, 1.82) is 0 Å². The molecular formula is C17H21N3O5. The number of aliphatic carboxylic acids is 1. The highest BCUT2D eigenvalue weighted by molar-refractivity contribution is 5.86. The van der Waals surface area contributed by atoms with E-state index in [1.165, 1.54) is 6.92 Å². The number of fused-ring (bicyclic) bond motifs is 1. The Balaban J connectivity index is 2.57. The first kappa shape index (κ1) is 18.4. The van der Waals surface area contributed by atoms with E-state index in [0.717, 1.165) is 4.57 Å². The Kier molecular flexibility index (Phi) is 5.41. The van der Waals surface area contributed by atoms with Crippen molar-refractivity contribution >= 4 is 22.8 Å². The van der Waals surface area contributed by atoms with Crippen LogP contribution < -0.4 is 16.6 Å². The summed E-state index contributed by atoms with van der Waals surface area (Å²) in [6, 6.07) is 4.30. The fourth-order valence-corrected chi connectivity index (χ4v) is 2.61. The molecule has 25 heavy (non-hydrogen) atoms. The third-order valence-corrected chi connectivity index (χ3v) is 3.87. The number of H-pyrrole nitrogens is 1. The van der Waals surface area contributed by atoms with E-state index in [9.17, 15) is 19.2 Å². The van der Waals surface area contributed by atoms with Crippen molar-refractivity contribution in [1.82, 2.24) is 14.9 Å². The van der Waals surface area contributed by atoms with Gasteiger partial charge in [0.05, 0.1) is 10.9 Å². The van der Waals surface area contributed by atoms with Crippen LogP contribution in [0.3, 0.4) is 0 Å². The van der Waals surface area contributed by atoms with Crippen molar-refractivity contribution in [2.75, 3.05) is 0 Å². The van der Waals surface area contributed by atoms with Crippen molar-refractivity contribution in [2.45, 2.75) is 39.3 Å². The van der Waals surface area contributed by atoms with E-state index >= 15 is 0 Å². The number of amides is 1. The van der Waals surface area contributed by atoms with Crippen LogP contribution in [0.1, 0.15) is 33.2 Å². The van der Waals surface area contributed by atoms with Crippen molar-refractivity contribution in [3.05, 3.63) is 45.1 Å². The van der Waals surface area contributed by atoms with Gasteiger partial charge in [-0.1, -0.05) is 26.0 Å². The molecule has 0 saturated heterocycles. The first-order chi connectivity index (χ1) is 11.7. The number of rotatable bonds is 6. The number of nitrogens with one attached hydrogen (secondary N) is 2. The van der Waals surface area contributed by atoms with Gasteiger partial charge in [0.1, 0.15) is 12.1 Å². The van der Waals surface area contributed by atoms with Crippen LogP contribution in [-0.2, 0) is 9.59 Å². The second-order valence-corrected chi connectivity index (χ2v) is 6.36. The lowest BCUT2D eigenvalue weighted by Crippen LogP contribution is -2.48. The van der Waals surface area contributed by atoms with Gasteiger partial charge in [-0.05, 0) is 31.4 Å². The monoisotopic (exact) mass is 347 g/mol. The number of hydrogen-bond acceptors (Lipinski definition) is 4. The summed E-state index contributed by atoms with van der Waals surface area (Å²) in [4.78, 5) is 51.3. The van der Waals surface area contributed by atoms with Gasteiger partial charge in [0.25, 0.3) is 5.56 Å². The van der Waals surface area contributed by atoms with E-state index in [0.29, 0.717) is 5.52 Å². The predicted molar refractivity (Wildman–Crippen MR) is 92.6 cm³/mol. The van der Waals surface area contributed by atoms with E-state index in [2.05, 4.69) is 10.3 Å². The highest BCUT2D eigenvalue weighted by Crippen LogP contribution is 2.16. The van der Waals surface area contributed by atoms with E-state index < -0.39 is 35.2 Å². The highest BCUT2D eigenvalue weighted by atomic mass is 16.4. The summed E-state index contributed by atoms with van der Waals surface area (Å²) in [7, 11) is 0. The Morgan fingerprint density at radius 2 is 1.84 bits per heavy atom. The Bertz CT molecular complexity index is 912. The molecular weight excluding hydrogens is 326 g/mol. The second kappa shape index (κ2) is 7.33. The van der Waals surface area contributed by atoms with Crippen LogP contribution in [-0.4, -0.2) is 32.6 Å². The predicted octanol–water partition coefficient (Wildman–Crippen LogP) is 0.866. The minimum Gasteiger partial charge on any atom is -0.480 e. The van der Waals surface area contributed by atoms with Gasteiger partial charge >= 0.3 is 11.7 Å². The van der Waals surface area contributed by atoms with Crippen LogP contribution >= 0.6 is 0 Å². The minimum atomic E-state index is -1.20. The molecule has 1 heterocycles. The smallest absolute Gasteiger partial charge is 0.329 e. The molecule has 0 spiro atoms. The average molecular weight is 347 g/mol. The lowest BCUT2D eigenvalue weighted by Gasteiger charge is -2.21. The van der Waals surface area contributed by atoms with E-state index in [4.69, 9.17) is 5.11 Å². The average Bonchev–Trinajstić information content (AvgIpc) is 2.53. The quantitative estimate of drug-likeness (QED) is 0.716. The molecule has 0 radical (unpaired) electrons. The molecule has 2 atom stereocenters. The third kappa shape index (κ3) is 3.96. The van der Waals surface area contributed by atoms with Gasteiger partial charge in [-0.3, -0.25) is 14.4 Å². The Labute approximate surface area is 143 Å². The zero-order valence-electron chi connectivity index (χ0n) is 14.3. The number of carboxylic acids is 1. The topological polar surface area (TPSA) is 121 Å². The van der Waals surface area contributed by atoms with E-state index in [1.54, 1.807) is 24.3 Å². The van der Waals surface area contributed by atoms with Gasteiger partial charge in [-0.15, -0.1) is 0 Å². The lowest BCUT2D eigenvalue weighted by atomic mass is 10.0. The number of carbonyl (C=O) groups is 2. The number of carbonyl (C=O) groups excluding carboxylic acids is 1. The molecule has 1 aromatic heterocycles. The molecule has 0 fully saturated rings. The standard InChI is InChI=1S/C17H21N3O5/c1-9(2)8-13(14(21)18-10(3)16(23)24)20-15(22)11-6-4-5-7-12(11)19-17(20)25/h4-7,9-10,13H,8H2,1-3H3,(H,18,21)(H,19,25)(H,23,24). The molecule has 2 rings (SSSR count). The summed E-state index contributed by atoms with van der Waals surface area (Å²) in [5, 5.41) is 11.6. The highest BCUT2D eigenvalue weighted by Gasteiger charge is 2.28. The number of nitrogens with zero attached hydrogens (tertiary/aromatic N) is 1. The van der Waals surface area contributed by atoms with Crippen molar-refractivity contribution in [3.63, 3.8) is 0 Å². The Hall–Kier alpha value is -2.90. The molecule has 1 amide bonds. The fourth-order valence-electron chi connectivity index (χ4n) is 2.61. The summed E-state index contributed by atoms with van der Waals surface area (Å²) >= 11 is 0. The van der Waals surface area contributed by atoms with Gasteiger partial charge < -0.3 is 15.4 Å². The van der Waals surface area contributed by atoms with Crippen LogP contribution in [0.2, 0.25) is 0 Å². The molecule has 134 valence electrons. The van der Waals surface area contributed by atoms with Crippen LogP contribution in [0.25, 0.3) is 10.9 Å². The van der Waals surface area contributed by atoms with Crippen molar-refractivity contribution in [3.8, 4) is 0 Å². The van der Waals surface area contributed by atoms with Crippen molar-refractivity contribution < 1.29 is 14.7 Å². The third-order valence-electron chi connectivity index (χ3n) is 3.87. The minimum absolute atomic E-state index is 0.00801. The molecule has 0 aliphatic carbocycles. The molecule has 0 bridgehead atoms. The molecule has 3 N–H and O–H groups in total. The first-order valence-electron chi connectivity index (χ1n) is 7.99. The maximum Gasteiger partial charge on any atom is 0.329 e. The summed E-state index contributed by atoms with van der Waals surface area (Å²) in [5.74, 6) is -1.86. The molecule has 0 aliphatic heterocycles. The number of carboxylic acid groups (broad SMARTS) is 1. The van der Waals surface area contributed by atoms with Crippen LogP contribution in [0.4, 0.5) is 0 Å². The zero-order chi connectivity index (χ0) is 18.7. The summed E-state index contributed by atoms with van der Waals surface area (Å²) in [6.07, 6.45) is 0.222. The van der Waals surface area contributed by atoms with Gasteiger partial charge in [0.2, 0.25) is 5.91 Å². The van der Waals surface area contributed by atoms with Crippen LogP contribution in [0.15, 0.2) is 33.9 Å². The largest absolute Gasteiger partial charge is 0.480 e. The van der Waals surface area contributed by atoms with Crippen LogP contribution in [0.5, 0.6) is 0 Å². The molecule has 0 aliphatic rings. The number of hydrogen-bond donors (Lipinski definition) is 3. The Morgan fingerprint density at radius 3 is 2.44 bits per heavy atom. The number of aromatic nitrogens is 2. The summed E-state index contributed by atoms with van der Waals surface area (Å²) < 4.78 is 0.867. The molecule has 1 aromatic carbocycles. The normalized spacial score (nSPS) is 13.6. The van der Waals surface area contributed by atoms with Gasteiger partial charge in [-0.2, -0.15) is 0 Å². The first-order valence-corrected chi connectivity index (χ1v) is 7.99. The molecule has 2 aromatic rings. The van der Waals surface area contributed by atoms with Gasteiger partial charge in [0.15, 0.2) is 0 Å². The number of benzene rings is 1. The maximum absolute atomic E-state index is 12.7. The van der Waals surface area contributed by atoms with Crippen LogP contribution in [0, 0.1) is 5.92 Å². The second-order valence-electron chi connectivity index (χ2n) is 6.36. The maximum atomic E-state index is 12.7. The molecule has 8 nitrogen and oxygen atoms in total. The number of aromatic amines is 1. The molecule has 2 unspecified atom stereocenters. The zero-order valence-corrected chi connectivity index (χ0v) is 14.3. The number of para-hydroxylation sites is 1.